The second kappa shape index (κ2) is 6.67. The Hall–Kier alpha value is -2.50. The summed E-state index contributed by atoms with van der Waals surface area (Å²) < 4.78 is 12.8. The number of methoxy groups -OCH3 is 2. The Morgan fingerprint density at radius 2 is 1.92 bits per heavy atom. The van der Waals surface area contributed by atoms with E-state index in [1.807, 2.05) is 34.8 Å². The fourth-order valence-electron chi connectivity index (χ4n) is 4.04. The van der Waals surface area contributed by atoms with E-state index in [0.717, 1.165) is 42.7 Å². The number of rotatable bonds is 4. The van der Waals surface area contributed by atoms with Gasteiger partial charge in [-0.05, 0) is 48.6 Å². The van der Waals surface area contributed by atoms with E-state index in [2.05, 4.69) is 5.10 Å². The molecule has 1 saturated carbocycles. The minimum Gasteiger partial charge on any atom is -0.493 e. The third-order valence-electron chi connectivity index (χ3n) is 5.75. The van der Waals surface area contributed by atoms with Crippen LogP contribution in [0.5, 0.6) is 11.5 Å². The molecule has 0 radical (unpaired) electrons. The van der Waals surface area contributed by atoms with Crippen molar-refractivity contribution < 1.29 is 14.3 Å². The summed E-state index contributed by atoms with van der Waals surface area (Å²) in [5, 5.41) is 4.34. The van der Waals surface area contributed by atoms with Gasteiger partial charge in [-0.2, -0.15) is 5.10 Å². The van der Waals surface area contributed by atoms with Gasteiger partial charge in [-0.15, -0.1) is 0 Å². The van der Waals surface area contributed by atoms with Crippen molar-refractivity contribution in [3.8, 4) is 11.5 Å². The molecule has 1 fully saturated rings. The standard InChI is InChI=1S/C20H25N3O3/c1-22-16(7-9-21-22)19-15-12-18(26-3)17(25-2)11-14(15)8-10-23(19)20(24)13-5-4-6-13/h7,9,11-13,19H,4-6,8,10H2,1-3H3. The first kappa shape index (κ1) is 16.9. The molecule has 0 saturated heterocycles. The molecule has 26 heavy (non-hydrogen) atoms. The highest BCUT2D eigenvalue weighted by Gasteiger charge is 2.38. The van der Waals surface area contributed by atoms with Gasteiger partial charge in [0, 0.05) is 25.7 Å². The minimum atomic E-state index is -0.140. The van der Waals surface area contributed by atoms with Crippen molar-refractivity contribution in [2.45, 2.75) is 31.7 Å². The van der Waals surface area contributed by atoms with E-state index in [0.29, 0.717) is 12.3 Å². The van der Waals surface area contributed by atoms with Gasteiger partial charge in [0.2, 0.25) is 5.91 Å². The van der Waals surface area contributed by atoms with Crippen molar-refractivity contribution >= 4 is 5.91 Å². The molecule has 1 amide bonds. The normalized spacial score (nSPS) is 19.7. The van der Waals surface area contributed by atoms with Crippen LogP contribution in [0.4, 0.5) is 0 Å². The molecule has 1 aromatic heterocycles. The van der Waals surface area contributed by atoms with Crippen molar-refractivity contribution in [1.82, 2.24) is 14.7 Å². The molecule has 0 N–H and O–H groups in total. The van der Waals surface area contributed by atoms with Crippen LogP contribution in [0, 0.1) is 5.92 Å². The number of amides is 1. The molecule has 2 heterocycles. The fourth-order valence-corrected chi connectivity index (χ4v) is 4.04. The first-order valence-corrected chi connectivity index (χ1v) is 9.17. The number of benzene rings is 1. The quantitative estimate of drug-likeness (QED) is 0.846. The molecule has 2 aliphatic rings. The van der Waals surface area contributed by atoms with Crippen molar-refractivity contribution in [2.24, 2.45) is 13.0 Å². The molecule has 0 spiro atoms. The molecule has 1 aromatic carbocycles. The van der Waals surface area contributed by atoms with Crippen molar-refractivity contribution in [3.63, 3.8) is 0 Å². The van der Waals surface area contributed by atoms with Gasteiger partial charge >= 0.3 is 0 Å². The Balaban J connectivity index is 1.82. The Morgan fingerprint density at radius 1 is 1.19 bits per heavy atom. The van der Waals surface area contributed by atoms with Crippen molar-refractivity contribution in [1.29, 1.82) is 0 Å². The first-order valence-electron chi connectivity index (χ1n) is 9.17. The van der Waals surface area contributed by atoms with Gasteiger partial charge in [0.15, 0.2) is 11.5 Å². The largest absolute Gasteiger partial charge is 0.493 e. The van der Waals surface area contributed by atoms with E-state index in [-0.39, 0.29) is 17.9 Å². The summed E-state index contributed by atoms with van der Waals surface area (Å²) in [4.78, 5) is 15.2. The lowest BCUT2D eigenvalue weighted by molar-refractivity contribution is -0.140. The Kier molecular flexibility index (Phi) is 4.34. The summed E-state index contributed by atoms with van der Waals surface area (Å²) in [5.74, 6) is 1.86. The van der Waals surface area contributed by atoms with Gasteiger partial charge in [-0.3, -0.25) is 9.48 Å². The Morgan fingerprint density at radius 3 is 2.50 bits per heavy atom. The molecule has 1 aliphatic heterocycles. The predicted molar refractivity (Wildman–Crippen MR) is 97.4 cm³/mol. The minimum absolute atomic E-state index is 0.140. The van der Waals surface area contributed by atoms with Crippen LogP contribution in [0.2, 0.25) is 0 Å². The number of hydrogen-bond donors (Lipinski definition) is 0. The van der Waals surface area contributed by atoms with Gasteiger partial charge in [-0.1, -0.05) is 6.42 Å². The number of hydrogen-bond acceptors (Lipinski definition) is 4. The summed E-state index contributed by atoms with van der Waals surface area (Å²) in [6.07, 6.45) is 5.78. The van der Waals surface area contributed by atoms with Gasteiger partial charge in [-0.25, -0.2) is 0 Å². The maximum atomic E-state index is 13.1. The molecule has 1 unspecified atom stereocenters. The van der Waals surface area contributed by atoms with Crippen LogP contribution in [0.25, 0.3) is 0 Å². The lowest BCUT2D eigenvalue weighted by atomic mass is 9.82. The molecule has 6 heteroatoms. The molecule has 6 nitrogen and oxygen atoms in total. The highest BCUT2D eigenvalue weighted by Crippen LogP contribution is 2.42. The Labute approximate surface area is 153 Å². The van der Waals surface area contributed by atoms with E-state index < -0.39 is 0 Å². The maximum Gasteiger partial charge on any atom is 0.226 e. The highest BCUT2D eigenvalue weighted by atomic mass is 16.5. The van der Waals surface area contributed by atoms with E-state index in [9.17, 15) is 4.79 Å². The molecule has 4 rings (SSSR count). The zero-order valence-corrected chi connectivity index (χ0v) is 15.6. The lowest BCUT2D eigenvalue weighted by Gasteiger charge is -2.41. The molecule has 0 bridgehead atoms. The second-order valence-corrected chi connectivity index (χ2v) is 7.10. The molecule has 2 aromatic rings. The lowest BCUT2D eigenvalue weighted by Crippen LogP contribution is -2.45. The number of nitrogens with zero attached hydrogens (tertiary/aromatic N) is 3. The van der Waals surface area contributed by atoms with Crippen LogP contribution in [0.1, 0.15) is 42.1 Å². The van der Waals surface area contributed by atoms with Crippen molar-refractivity contribution in [3.05, 3.63) is 41.2 Å². The average Bonchev–Trinajstić information content (AvgIpc) is 3.03. The highest BCUT2D eigenvalue weighted by molar-refractivity contribution is 5.81. The van der Waals surface area contributed by atoms with Gasteiger partial charge < -0.3 is 14.4 Å². The molecule has 138 valence electrons. The molecule has 1 aliphatic carbocycles. The first-order chi connectivity index (χ1) is 12.6. The predicted octanol–water partition coefficient (Wildman–Crippen LogP) is 2.71. The van der Waals surface area contributed by atoms with E-state index >= 15 is 0 Å². The van der Waals surface area contributed by atoms with E-state index in [1.165, 1.54) is 5.56 Å². The zero-order chi connectivity index (χ0) is 18.3. The molecule has 1 atom stereocenters. The zero-order valence-electron chi connectivity index (χ0n) is 15.6. The van der Waals surface area contributed by atoms with Gasteiger partial charge in [0.25, 0.3) is 0 Å². The van der Waals surface area contributed by atoms with Crippen LogP contribution in [-0.4, -0.2) is 41.4 Å². The number of fused-ring (bicyclic) bond motifs is 1. The van der Waals surface area contributed by atoms with Crippen LogP contribution in [0.15, 0.2) is 24.4 Å². The second-order valence-electron chi connectivity index (χ2n) is 7.10. The van der Waals surface area contributed by atoms with Crippen molar-refractivity contribution in [2.75, 3.05) is 20.8 Å². The third kappa shape index (κ3) is 2.64. The van der Waals surface area contributed by atoms with E-state index in [1.54, 1.807) is 20.4 Å². The van der Waals surface area contributed by atoms with Crippen LogP contribution >= 0.6 is 0 Å². The number of ether oxygens (including phenoxy) is 2. The Bertz CT molecular complexity index is 826. The smallest absolute Gasteiger partial charge is 0.226 e. The van der Waals surface area contributed by atoms with E-state index in [4.69, 9.17) is 9.47 Å². The van der Waals surface area contributed by atoms with Crippen LogP contribution in [0.3, 0.4) is 0 Å². The number of aryl methyl sites for hydroxylation is 1. The SMILES string of the molecule is COc1cc2c(cc1OC)C(c1ccnn1C)N(C(=O)C1CCC1)CC2. The summed E-state index contributed by atoms with van der Waals surface area (Å²) in [6.45, 7) is 0.716. The topological polar surface area (TPSA) is 56.6 Å². The average molecular weight is 355 g/mol. The van der Waals surface area contributed by atoms with Crippen LogP contribution in [-0.2, 0) is 18.3 Å². The molecular weight excluding hydrogens is 330 g/mol. The number of carbonyl (C=O) groups is 1. The summed E-state index contributed by atoms with van der Waals surface area (Å²) in [7, 11) is 5.22. The fraction of sp³-hybridized carbons (Fsp3) is 0.500. The van der Waals surface area contributed by atoms with Gasteiger partial charge in [0.05, 0.1) is 26.0 Å². The number of carbonyl (C=O) groups excluding carboxylic acids is 1. The summed E-state index contributed by atoms with van der Waals surface area (Å²) in [6, 6.07) is 5.92. The molecular formula is C20H25N3O3. The number of aromatic nitrogens is 2. The maximum absolute atomic E-state index is 13.1. The summed E-state index contributed by atoms with van der Waals surface area (Å²) >= 11 is 0. The third-order valence-corrected chi connectivity index (χ3v) is 5.75. The monoisotopic (exact) mass is 355 g/mol. The van der Waals surface area contributed by atoms with Crippen LogP contribution < -0.4 is 9.47 Å². The van der Waals surface area contributed by atoms with Gasteiger partial charge in [0.1, 0.15) is 0 Å². The summed E-state index contributed by atoms with van der Waals surface area (Å²) in [5.41, 5.74) is 3.32.